The lowest BCUT2D eigenvalue weighted by Gasteiger charge is -2.17. The van der Waals surface area contributed by atoms with E-state index in [0.29, 0.717) is 4.80 Å². The van der Waals surface area contributed by atoms with Crippen LogP contribution in [-0.2, 0) is 18.1 Å². The van der Waals surface area contributed by atoms with Crippen LogP contribution in [0.5, 0.6) is 0 Å². The Balaban J connectivity index is 2.54. The molecule has 0 saturated heterocycles. The van der Waals surface area contributed by atoms with Crippen molar-refractivity contribution in [2.45, 2.75) is 45.8 Å². The Morgan fingerprint density at radius 1 is 1.27 bits per heavy atom. The van der Waals surface area contributed by atoms with Crippen LogP contribution in [0, 0.1) is 6.92 Å². The number of aliphatic hydroxyl groups excluding tert-OH is 1. The van der Waals surface area contributed by atoms with Gasteiger partial charge in [0, 0.05) is 22.7 Å². The molecule has 0 atom stereocenters. The zero-order valence-corrected chi connectivity index (χ0v) is 15.8. The SMILES string of the molecule is Cc1c(C(C)(C)C)s/c(=N\C(=O)c2cccc(C(F)(F)F)c2)n1CCO. The van der Waals surface area contributed by atoms with Crippen molar-refractivity contribution in [3.63, 3.8) is 0 Å². The Labute approximate surface area is 153 Å². The van der Waals surface area contributed by atoms with Gasteiger partial charge in [-0.2, -0.15) is 18.2 Å². The van der Waals surface area contributed by atoms with Crippen LogP contribution in [0.4, 0.5) is 13.2 Å². The molecule has 142 valence electrons. The van der Waals surface area contributed by atoms with Gasteiger partial charge >= 0.3 is 6.18 Å². The summed E-state index contributed by atoms with van der Waals surface area (Å²) < 4.78 is 40.2. The minimum absolute atomic E-state index is 0.126. The maximum Gasteiger partial charge on any atom is 0.416 e. The van der Waals surface area contributed by atoms with E-state index in [0.717, 1.165) is 22.7 Å². The van der Waals surface area contributed by atoms with E-state index in [-0.39, 0.29) is 24.1 Å². The molecular weight excluding hydrogens is 365 g/mol. The van der Waals surface area contributed by atoms with Crippen LogP contribution in [0.25, 0.3) is 0 Å². The van der Waals surface area contributed by atoms with Crippen molar-refractivity contribution in [1.82, 2.24) is 4.57 Å². The topological polar surface area (TPSA) is 54.6 Å². The van der Waals surface area contributed by atoms with Crippen molar-refractivity contribution in [3.05, 3.63) is 50.8 Å². The van der Waals surface area contributed by atoms with Crippen LogP contribution >= 0.6 is 11.3 Å². The van der Waals surface area contributed by atoms with Gasteiger partial charge in [-0.25, -0.2) is 0 Å². The van der Waals surface area contributed by atoms with E-state index in [9.17, 15) is 23.1 Å². The van der Waals surface area contributed by atoms with Crippen molar-refractivity contribution in [2.75, 3.05) is 6.61 Å². The highest BCUT2D eigenvalue weighted by molar-refractivity contribution is 7.09. The highest BCUT2D eigenvalue weighted by Gasteiger charge is 2.31. The van der Waals surface area contributed by atoms with Crippen LogP contribution in [-0.4, -0.2) is 22.2 Å². The number of aliphatic hydroxyl groups is 1. The number of nitrogens with zero attached hydrogens (tertiary/aromatic N) is 2. The summed E-state index contributed by atoms with van der Waals surface area (Å²) in [6.45, 7) is 8.06. The van der Waals surface area contributed by atoms with Gasteiger partial charge in [0.1, 0.15) is 0 Å². The van der Waals surface area contributed by atoms with E-state index in [4.69, 9.17) is 0 Å². The second-order valence-electron chi connectivity index (χ2n) is 6.92. The number of benzene rings is 1. The number of halogens is 3. The molecule has 2 aromatic rings. The first-order chi connectivity index (χ1) is 11.9. The Morgan fingerprint density at radius 3 is 2.46 bits per heavy atom. The molecule has 0 bridgehead atoms. The molecule has 1 aromatic heterocycles. The fourth-order valence-electron chi connectivity index (χ4n) is 2.61. The molecule has 8 heteroatoms. The minimum Gasteiger partial charge on any atom is -0.395 e. The summed E-state index contributed by atoms with van der Waals surface area (Å²) in [6, 6.07) is 4.21. The first kappa shape index (κ1) is 20.4. The highest BCUT2D eigenvalue weighted by atomic mass is 32.1. The predicted octanol–water partition coefficient (Wildman–Crippen LogP) is 3.91. The molecule has 0 radical (unpaired) electrons. The fourth-order valence-corrected chi connectivity index (χ4v) is 3.82. The number of rotatable bonds is 3. The summed E-state index contributed by atoms with van der Waals surface area (Å²) in [5, 5.41) is 9.29. The third-order valence-corrected chi connectivity index (χ3v) is 5.40. The van der Waals surface area contributed by atoms with Gasteiger partial charge < -0.3 is 9.67 Å². The molecule has 0 aliphatic carbocycles. The van der Waals surface area contributed by atoms with Crippen LogP contribution in [0.3, 0.4) is 0 Å². The smallest absolute Gasteiger partial charge is 0.395 e. The molecule has 0 spiro atoms. The average Bonchev–Trinajstić information content (AvgIpc) is 2.84. The molecule has 1 aromatic carbocycles. The second kappa shape index (κ2) is 7.36. The van der Waals surface area contributed by atoms with E-state index in [1.807, 2.05) is 27.7 Å². The Hall–Kier alpha value is -1.93. The standard InChI is InChI=1S/C18H21F3N2O2S/c1-11-14(17(2,3)4)26-16(23(11)8-9-24)22-15(25)12-6-5-7-13(10-12)18(19,20)21/h5-7,10,24H,8-9H2,1-4H3/b22-16-. The molecule has 0 saturated carbocycles. The summed E-state index contributed by atoms with van der Waals surface area (Å²) in [5.74, 6) is -0.746. The van der Waals surface area contributed by atoms with Gasteiger partial charge in [0.2, 0.25) is 0 Å². The molecule has 0 unspecified atom stereocenters. The van der Waals surface area contributed by atoms with E-state index in [1.54, 1.807) is 4.57 Å². The molecule has 0 aliphatic heterocycles. The molecule has 0 aliphatic rings. The quantitative estimate of drug-likeness (QED) is 0.870. The lowest BCUT2D eigenvalue weighted by Crippen LogP contribution is -2.20. The molecule has 4 nitrogen and oxygen atoms in total. The van der Waals surface area contributed by atoms with Gasteiger partial charge in [-0.1, -0.05) is 26.8 Å². The summed E-state index contributed by atoms with van der Waals surface area (Å²) in [6.07, 6.45) is -4.52. The van der Waals surface area contributed by atoms with Crippen molar-refractivity contribution in [3.8, 4) is 0 Å². The zero-order valence-electron chi connectivity index (χ0n) is 15.0. The van der Waals surface area contributed by atoms with Crippen LogP contribution < -0.4 is 4.80 Å². The molecule has 1 amide bonds. The number of thiazole rings is 1. The van der Waals surface area contributed by atoms with Crippen molar-refractivity contribution in [2.24, 2.45) is 4.99 Å². The Kier molecular flexibility index (Phi) is 5.77. The summed E-state index contributed by atoms with van der Waals surface area (Å²) in [4.78, 5) is 17.8. The van der Waals surface area contributed by atoms with Gasteiger partial charge in [-0.05, 0) is 30.5 Å². The first-order valence-electron chi connectivity index (χ1n) is 8.03. The summed E-state index contributed by atoms with van der Waals surface area (Å²) in [5.41, 5.74) is -0.315. The van der Waals surface area contributed by atoms with E-state index in [2.05, 4.69) is 4.99 Å². The van der Waals surface area contributed by atoms with Gasteiger partial charge in [-0.3, -0.25) is 4.79 Å². The number of alkyl halides is 3. The summed E-state index contributed by atoms with van der Waals surface area (Å²) in [7, 11) is 0. The normalized spacial score (nSPS) is 13.3. The number of carbonyl (C=O) groups excluding carboxylic acids is 1. The second-order valence-corrected chi connectivity index (χ2v) is 7.90. The average molecular weight is 386 g/mol. The Bertz CT molecular complexity index is 874. The van der Waals surface area contributed by atoms with Gasteiger partial charge in [0.15, 0.2) is 4.80 Å². The molecule has 26 heavy (non-hydrogen) atoms. The summed E-state index contributed by atoms with van der Waals surface area (Å²) >= 11 is 1.31. The number of hydrogen-bond acceptors (Lipinski definition) is 3. The maximum absolute atomic E-state index is 12.8. The van der Waals surface area contributed by atoms with Gasteiger partial charge in [0.25, 0.3) is 5.91 Å². The third kappa shape index (κ3) is 4.42. The Morgan fingerprint density at radius 2 is 1.92 bits per heavy atom. The van der Waals surface area contributed by atoms with Crippen LogP contribution in [0.2, 0.25) is 0 Å². The van der Waals surface area contributed by atoms with Crippen molar-refractivity contribution < 1.29 is 23.1 Å². The molecule has 0 fully saturated rings. The molecule has 2 rings (SSSR count). The maximum atomic E-state index is 12.8. The molecular formula is C18H21F3N2O2S. The van der Waals surface area contributed by atoms with Crippen LogP contribution in [0.1, 0.15) is 47.3 Å². The predicted molar refractivity (Wildman–Crippen MR) is 94.2 cm³/mol. The monoisotopic (exact) mass is 386 g/mol. The number of aromatic nitrogens is 1. The number of amides is 1. The van der Waals surface area contributed by atoms with E-state index >= 15 is 0 Å². The fraction of sp³-hybridized carbons (Fsp3) is 0.444. The lowest BCUT2D eigenvalue weighted by molar-refractivity contribution is -0.137. The minimum atomic E-state index is -4.52. The van der Waals surface area contributed by atoms with Crippen molar-refractivity contribution in [1.29, 1.82) is 0 Å². The third-order valence-electron chi connectivity index (χ3n) is 3.80. The largest absolute Gasteiger partial charge is 0.416 e. The first-order valence-corrected chi connectivity index (χ1v) is 8.84. The molecule has 1 heterocycles. The van der Waals surface area contributed by atoms with E-state index < -0.39 is 17.6 Å². The van der Waals surface area contributed by atoms with Crippen LogP contribution in [0.15, 0.2) is 29.3 Å². The zero-order chi connectivity index (χ0) is 19.7. The number of carbonyl (C=O) groups is 1. The lowest BCUT2D eigenvalue weighted by atomic mass is 9.93. The van der Waals surface area contributed by atoms with Crippen molar-refractivity contribution >= 4 is 17.2 Å². The highest BCUT2D eigenvalue weighted by Crippen LogP contribution is 2.30. The van der Waals surface area contributed by atoms with E-state index in [1.165, 1.54) is 23.5 Å². The van der Waals surface area contributed by atoms with Gasteiger partial charge in [-0.15, -0.1) is 11.3 Å². The number of hydrogen-bond donors (Lipinski definition) is 1. The molecule has 1 N–H and O–H groups in total. The van der Waals surface area contributed by atoms with Gasteiger partial charge in [0.05, 0.1) is 12.2 Å².